The fraction of sp³-hybridized carbons (Fsp3) is 0.370. The van der Waals surface area contributed by atoms with Crippen molar-refractivity contribution < 1.29 is 18.6 Å². The van der Waals surface area contributed by atoms with Gasteiger partial charge in [0.1, 0.15) is 5.75 Å². The van der Waals surface area contributed by atoms with E-state index in [1.54, 1.807) is 24.4 Å². The number of ether oxygens (including phenoxy) is 3. The molecule has 0 spiro atoms. The van der Waals surface area contributed by atoms with Gasteiger partial charge in [-0.3, -0.25) is 4.98 Å². The molecule has 0 radical (unpaired) electrons. The number of nitrogens with zero attached hydrogens (tertiary/aromatic N) is 2. The number of benzene rings is 2. The average molecular weight is 462 g/mol. The number of fused-ring (bicyclic) bond motifs is 4. The lowest BCUT2D eigenvalue weighted by Crippen LogP contribution is -2.21. The number of hydrogen-bond acceptors (Lipinski definition) is 5. The Labute approximate surface area is 197 Å². The number of pyridine rings is 1. The van der Waals surface area contributed by atoms with Crippen LogP contribution in [-0.4, -0.2) is 47.7 Å². The van der Waals surface area contributed by atoms with Gasteiger partial charge in [-0.25, -0.2) is 4.39 Å². The highest BCUT2D eigenvalue weighted by Gasteiger charge is 2.25. The van der Waals surface area contributed by atoms with Crippen LogP contribution in [0.1, 0.15) is 30.5 Å². The van der Waals surface area contributed by atoms with Crippen molar-refractivity contribution in [2.45, 2.75) is 32.6 Å². The molecule has 0 aliphatic carbocycles. The zero-order valence-electron chi connectivity index (χ0n) is 19.3. The van der Waals surface area contributed by atoms with E-state index < -0.39 is 0 Å². The highest BCUT2D eigenvalue weighted by atomic mass is 19.1. The van der Waals surface area contributed by atoms with E-state index in [9.17, 15) is 0 Å². The molecule has 6 nitrogen and oxygen atoms in total. The highest BCUT2D eigenvalue weighted by Crippen LogP contribution is 2.45. The number of likely N-dealkylation sites (tertiary alicyclic amines) is 1. The molecule has 2 aromatic carbocycles. The first-order chi connectivity index (χ1) is 16.7. The number of rotatable bonds is 7. The zero-order chi connectivity index (χ0) is 23.1. The summed E-state index contributed by atoms with van der Waals surface area (Å²) in [5.41, 5.74) is 3.43. The third kappa shape index (κ3) is 3.84. The van der Waals surface area contributed by atoms with E-state index in [0.29, 0.717) is 24.3 Å². The van der Waals surface area contributed by atoms with Gasteiger partial charge < -0.3 is 24.1 Å². The Balaban J connectivity index is 1.29. The Hall–Kier alpha value is -3.32. The molecule has 4 heterocycles. The smallest absolute Gasteiger partial charge is 0.175 e. The Morgan fingerprint density at radius 1 is 1.12 bits per heavy atom. The molecule has 6 rings (SSSR count). The Morgan fingerprint density at radius 3 is 2.88 bits per heavy atom. The number of H-pyrrole nitrogens is 1. The predicted octanol–water partition coefficient (Wildman–Crippen LogP) is 5.76. The Morgan fingerprint density at radius 2 is 2.00 bits per heavy atom. The first-order valence-electron chi connectivity index (χ1n) is 12.1. The molecule has 1 saturated heterocycles. The van der Waals surface area contributed by atoms with Crippen LogP contribution in [0.15, 0.2) is 36.5 Å². The van der Waals surface area contributed by atoms with Crippen LogP contribution in [0.3, 0.4) is 0 Å². The number of aromatic nitrogens is 2. The molecule has 7 heteroatoms. The normalized spacial score (nSPS) is 15.7. The third-order valence-corrected chi connectivity index (χ3v) is 6.74. The minimum atomic E-state index is -0.377. The maximum atomic E-state index is 15.2. The van der Waals surface area contributed by atoms with Crippen molar-refractivity contribution in [3.63, 3.8) is 0 Å². The van der Waals surface area contributed by atoms with Crippen LogP contribution in [0.4, 0.5) is 4.39 Å². The Bertz CT molecular complexity index is 1360. The van der Waals surface area contributed by atoms with Crippen LogP contribution in [-0.2, 0) is 6.42 Å². The summed E-state index contributed by atoms with van der Waals surface area (Å²) in [6.45, 7) is 6.57. The van der Waals surface area contributed by atoms with Crippen molar-refractivity contribution in [1.82, 2.24) is 14.9 Å². The minimum Gasteiger partial charge on any atom is -0.490 e. The lowest BCUT2D eigenvalue weighted by atomic mass is 10.0. The number of aromatic amines is 1. The summed E-state index contributed by atoms with van der Waals surface area (Å²) in [5.74, 6) is 1.86. The molecule has 0 saturated carbocycles. The standard InChI is InChI=1S/C27H28FN3O3/c1-17-15-19-20(30-17)5-6-23(26(19)28)34-22-7-9-29-21-16-24(27-18(25(21)22)8-14-33-27)32-13-4-12-31-10-2-3-11-31/h5-7,9,15-16,30H,2-4,8,10-14H2,1H3. The first-order valence-corrected chi connectivity index (χ1v) is 12.1. The van der Waals surface area contributed by atoms with Gasteiger partial charge >= 0.3 is 0 Å². The first kappa shape index (κ1) is 21.2. The fourth-order valence-corrected chi connectivity index (χ4v) is 5.13. The van der Waals surface area contributed by atoms with Gasteiger partial charge in [0.05, 0.1) is 24.1 Å². The van der Waals surface area contributed by atoms with Crippen molar-refractivity contribution in [3.05, 3.63) is 53.6 Å². The van der Waals surface area contributed by atoms with E-state index in [-0.39, 0.29) is 11.6 Å². The Kier molecular flexibility index (Phi) is 5.49. The lowest BCUT2D eigenvalue weighted by Gasteiger charge is -2.17. The van der Waals surface area contributed by atoms with Gasteiger partial charge in [-0.1, -0.05) is 0 Å². The van der Waals surface area contributed by atoms with Gasteiger partial charge in [0.15, 0.2) is 23.1 Å². The average Bonchev–Trinajstić information content (AvgIpc) is 3.59. The lowest BCUT2D eigenvalue weighted by molar-refractivity contribution is 0.252. The second-order valence-corrected chi connectivity index (χ2v) is 9.13. The molecular formula is C27H28FN3O3. The molecule has 1 N–H and O–H groups in total. The van der Waals surface area contributed by atoms with Gasteiger partial charge in [0, 0.05) is 47.4 Å². The molecule has 0 atom stereocenters. The molecular weight excluding hydrogens is 433 g/mol. The van der Waals surface area contributed by atoms with Gasteiger partial charge in [-0.2, -0.15) is 0 Å². The minimum absolute atomic E-state index is 0.189. The predicted molar refractivity (Wildman–Crippen MR) is 130 cm³/mol. The molecule has 2 aliphatic heterocycles. The molecule has 34 heavy (non-hydrogen) atoms. The van der Waals surface area contributed by atoms with Crippen molar-refractivity contribution in [3.8, 4) is 23.0 Å². The number of halogens is 1. The van der Waals surface area contributed by atoms with Gasteiger partial charge in [0.2, 0.25) is 0 Å². The second kappa shape index (κ2) is 8.80. The van der Waals surface area contributed by atoms with Crippen LogP contribution in [0, 0.1) is 12.7 Å². The summed E-state index contributed by atoms with van der Waals surface area (Å²) in [4.78, 5) is 10.2. The zero-order valence-corrected chi connectivity index (χ0v) is 19.3. The van der Waals surface area contributed by atoms with E-state index in [2.05, 4.69) is 14.9 Å². The van der Waals surface area contributed by atoms with E-state index in [4.69, 9.17) is 14.2 Å². The van der Waals surface area contributed by atoms with E-state index >= 15 is 4.39 Å². The van der Waals surface area contributed by atoms with Crippen LogP contribution in [0.2, 0.25) is 0 Å². The maximum Gasteiger partial charge on any atom is 0.175 e. The maximum absolute atomic E-state index is 15.2. The third-order valence-electron chi connectivity index (χ3n) is 6.74. The highest BCUT2D eigenvalue weighted by molar-refractivity contribution is 5.93. The van der Waals surface area contributed by atoms with Crippen LogP contribution in [0.25, 0.3) is 21.8 Å². The van der Waals surface area contributed by atoms with Crippen LogP contribution >= 0.6 is 0 Å². The summed E-state index contributed by atoms with van der Waals surface area (Å²) in [6, 6.07) is 8.99. The van der Waals surface area contributed by atoms with Crippen molar-refractivity contribution in [2.24, 2.45) is 0 Å². The fourth-order valence-electron chi connectivity index (χ4n) is 5.13. The van der Waals surface area contributed by atoms with Gasteiger partial charge in [0.25, 0.3) is 0 Å². The second-order valence-electron chi connectivity index (χ2n) is 9.13. The molecule has 0 bridgehead atoms. The quantitative estimate of drug-likeness (QED) is 0.355. The molecule has 176 valence electrons. The van der Waals surface area contributed by atoms with Crippen LogP contribution < -0.4 is 14.2 Å². The van der Waals surface area contributed by atoms with Gasteiger partial charge in [-0.05, 0) is 63.5 Å². The van der Waals surface area contributed by atoms with Gasteiger partial charge in [-0.15, -0.1) is 0 Å². The molecule has 2 aliphatic rings. The topological polar surface area (TPSA) is 59.6 Å². The van der Waals surface area contributed by atoms with E-state index in [1.807, 2.05) is 19.1 Å². The summed E-state index contributed by atoms with van der Waals surface area (Å²) in [6.07, 6.45) is 5.99. The molecule has 1 fully saturated rings. The van der Waals surface area contributed by atoms with Crippen molar-refractivity contribution >= 4 is 21.8 Å². The molecule has 2 aromatic heterocycles. The molecule has 0 unspecified atom stereocenters. The van der Waals surface area contributed by atoms with E-state index in [0.717, 1.165) is 58.6 Å². The van der Waals surface area contributed by atoms with Crippen molar-refractivity contribution in [2.75, 3.05) is 32.8 Å². The largest absolute Gasteiger partial charge is 0.490 e. The number of hydrogen-bond donors (Lipinski definition) is 1. The molecule has 0 amide bonds. The number of nitrogens with one attached hydrogen (secondary N) is 1. The van der Waals surface area contributed by atoms with Crippen LogP contribution in [0.5, 0.6) is 23.0 Å². The monoisotopic (exact) mass is 461 g/mol. The summed E-state index contributed by atoms with van der Waals surface area (Å²) in [7, 11) is 0. The van der Waals surface area contributed by atoms with E-state index in [1.165, 1.54) is 25.9 Å². The summed E-state index contributed by atoms with van der Waals surface area (Å²) < 4.78 is 33.4. The molecule has 4 aromatic rings. The summed E-state index contributed by atoms with van der Waals surface area (Å²) >= 11 is 0. The summed E-state index contributed by atoms with van der Waals surface area (Å²) in [5, 5.41) is 1.37. The number of aryl methyl sites for hydroxylation is 1. The SMILES string of the molecule is Cc1cc2c(F)c(Oc3ccnc4cc(OCCCN5CCCC5)c5c(c34)CCO5)ccc2[nH]1. The van der Waals surface area contributed by atoms with Crippen molar-refractivity contribution in [1.29, 1.82) is 0 Å².